The number of aliphatic hydroxyl groups is 1. The first-order valence-electron chi connectivity index (χ1n) is 8.48. The fourth-order valence-corrected chi connectivity index (χ4v) is 2.87. The molecule has 2 aromatic heterocycles. The van der Waals surface area contributed by atoms with Crippen molar-refractivity contribution in [2.45, 2.75) is 45.4 Å². The Labute approximate surface area is 146 Å². The van der Waals surface area contributed by atoms with E-state index in [1.165, 1.54) is 0 Å². The lowest BCUT2D eigenvalue weighted by atomic mass is 10.2. The standard InChI is InChI=1S/C17H23N5O3/c1-3-22-9-14(8-19-22)25-16-11-21(10-15(16)23)17(24)5-4-13-6-7-18-12(2)20-13/h6-9,15-16,23H,3-5,10-11H2,1-2H3/t15-,16-/m1/s1. The van der Waals surface area contributed by atoms with Crippen molar-refractivity contribution in [1.82, 2.24) is 24.6 Å². The van der Waals surface area contributed by atoms with Crippen LogP contribution in [0, 0.1) is 6.92 Å². The zero-order chi connectivity index (χ0) is 17.8. The summed E-state index contributed by atoms with van der Waals surface area (Å²) >= 11 is 0. The predicted octanol–water partition coefficient (Wildman–Crippen LogP) is 0.585. The molecule has 1 aliphatic heterocycles. The Morgan fingerprint density at radius 3 is 3.00 bits per heavy atom. The van der Waals surface area contributed by atoms with Crippen LogP contribution in [0.2, 0.25) is 0 Å². The second-order valence-corrected chi connectivity index (χ2v) is 6.15. The van der Waals surface area contributed by atoms with Crippen molar-refractivity contribution in [1.29, 1.82) is 0 Å². The number of nitrogens with zero attached hydrogens (tertiary/aromatic N) is 5. The molecule has 3 rings (SSSR count). The fraction of sp³-hybridized carbons (Fsp3) is 0.529. The van der Waals surface area contributed by atoms with Gasteiger partial charge in [-0.05, 0) is 26.3 Å². The number of ether oxygens (including phenoxy) is 1. The zero-order valence-electron chi connectivity index (χ0n) is 14.5. The van der Waals surface area contributed by atoms with Gasteiger partial charge in [0.15, 0.2) is 5.75 Å². The van der Waals surface area contributed by atoms with Crippen molar-refractivity contribution in [3.05, 3.63) is 36.2 Å². The number of hydrogen-bond acceptors (Lipinski definition) is 6. The number of carbonyl (C=O) groups is 1. The molecular weight excluding hydrogens is 322 g/mol. The summed E-state index contributed by atoms with van der Waals surface area (Å²) in [5.74, 6) is 1.30. The van der Waals surface area contributed by atoms with Crippen LogP contribution in [0.5, 0.6) is 5.75 Å². The number of amides is 1. The molecule has 0 bridgehead atoms. The Kier molecular flexibility index (Phi) is 5.28. The molecule has 25 heavy (non-hydrogen) atoms. The third-order valence-electron chi connectivity index (χ3n) is 4.24. The van der Waals surface area contributed by atoms with Crippen molar-refractivity contribution >= 4 is 5.91 Å². The van der Waals surface area contributed by atoms with Crippen LogP contribution in [0.15, 0.2) is 24.7 Å². The highest BCUT2D eigenvalue weighted by Crippen LogP contribution is 2.19. The summed E-state index contributed by atoms with van der Waals surface area (Å²) in [5.41, 5.74) is 0.848. The molecule has 134 valence electrons. The molecule has 1 saturated heterocycles. The molecule has 1 N–H and O–H groups in total. The maximum absolute atomic E-state index is 12.4. The fourth-order valence-electron chi connectivity index (χ4n) is 2.87. The first-order valence-corrected chi connectivity index (χ1v) is 8.48. The average Bonchev–Trinajstić information content (AvgIpc) is 3.20. The number of aliphatic hydroxyl groups excluding tert-OH is 1. The summed E-state index contributed by atoms with van der Waals surface area (Å²) in [7, 11) is 0. The molecule has 0 saturated carbocycles. The van der Waals surface area contributed by atoms with Crippen LogP contribution in [0.3, 0.4) is 0 Å². The summed E-state index contributed by atoms with van der Waals surface area (Å²) in [4.78, 5) is 22.4. The molecule has 0 radical (unpaired) electrons. The topological polar surface area (TPSA) is 93.4 Å². The second-order valence-electron chi connectivity index (χ2n) is 6.15. The second kappa shape index (κ2) is 7.60. The number of β-amino-alcohol motifs (C(OH)–C–C–N with tert-alkyl or cyclic N) is 1. The maximum atomic E-state index is 12.4. The first kappa shape index (κ1) is 17.3. The predicted molar refractivity (Wildman–Crippen MR) is 90.0 cm³/mol. The zero-order valence-corrected chi connectivity index (χ0v) is 14.5. The van der Waals surface area contributed by atoms with E-state index in [9.17, 15) is 9.90 Å². The smallest absolute Gasteiger partial charge is 0.223 e. The Hall–Kier alpha value is -2.48. The van der Waals surface area contributed by atoms with Crippen LogP contribution >= 0.6 is 0 Å². The molecule has 1 aliphatic rings. The molecule has 0 aromatic carbocycles. The van der Waals surface area contributed by atoms with Crippen LogP contribution in [0.25, 0.3) is 0 Å². The third kappa shape index (κ3) is 4.33. The molecule has 0 aliphatic carbocycles. The highest BCUT2D eigenvalue weighted by Gasteiger charge is 2.35. The van der Waals surface area contributed by atoms with Gasteiger partial charge >= 0.3 is 0 Å². The number of likely N-dealkylation sites (tertiary alicyclic amines) is 1. The van der Waals surface area contributed by atoms with Crippen molar-refractivity contribution < 1.29 is 14.6 Å². The van der Waals surface area contributed by atoms with Gasteiger partial charge in [-0.1, -0.05) is 0 Å². The quantitative estimate of drug-likeness (QED) is 0.823. The molecule has 2 aromatic rings. The third-order valence-corrected chi connectivity index (χ3v) is 4.24. The van der Waals surface area contributed by atoms with E-state index in [-0.39, 0.29) is 12.5 Å². The van der Waals surface area contributed by atoms with E-state index in [0.717, 1.165) is 12.2 Å². The van der Waals surface area contributed by atoms with Gasteiger partial charge in [-0.25, -0.2) is 9.97 Å². The molecule has 8 heteroatoms. The van der Waals surface area contributed by atoms with Crippen LogP contribution in [-0.4, -0.2) is 61.0 Å². The summed E-state index contributed by atoms with van der Waals surface area (Å²) < 4.78 is 7.53. The van der Waals surface area contributed by atoms with Crippen LogP contribution < -0.4 is 4.74 Å². The molecule has 8 nitrogen and oxygen atoms in total. The number of rotatable bonds is 6. The highest BCUT2D eigenvalue weighted by atomic mass is 16.5. The Morgan fingerprint density at radius 2 is 2.28 bits per heavy atom. The minimum Gasteiger partial charge on any atom is -0.482 e. The molecule has 0 unspecified atom stereocenters. The minimum absolute atomic E-state index is 0.00864. The van der Waals surface area contributed by atoms with Gasteiger partial charge in [0.1, 0.15) is 18.0 Å². The van der Waals surface area contributed by atoms with Crippen molar-refractivity contribution in [3.63, 3.8) is 0 Å². The summed E-state index contributed by atoms with van der Waals surface area (Å²) in [6.07, 6.45) is 4.89. The number of aromatic nitrogens is 4. The molecule has 3 heterocycles. The van der Waals surface area contributed by atoms with Crippen LogP contribution in [0.4, 0.5) is 0 Å². The van der Waals surface area contributed by atoms with Crippen molar-refractivity contribution in [2.24, 2.45) is 0 Å². The van der Waals surface area contributed by atoms with E-state index in [1.54, 1.807) is 28.2 Å². The Bertz CT molecular complexity index is 733. The van der Waals surface area contributed by atoms with Gasteiger partial charge in [0.25, 0.3) is 0 Å². The first-order chi connectivity index (χ1) is 12.0. The lowest BCUT2D eigenvalue weighted by Gasteiger charge is -2.16. The SMILES string of the molecule is CCn1cc(O[C@@H]2CN(C(=O)CCc3ccnc(C)n3)C[C@H]2O)cn1. The largest absolute Gasteiger partial charge is 0.482 e. The van der Waals surface area contributed by atoms with Gasteiger partial charge in [0.2, 0.25) is 5.91 Å². The lowest BCUT2D eigenvalue weighted by Crippen LogP contribution is -2.31. The number of carbonyl (C=O) groups excluding carboxylic acids is 1. The van der Waals surface area contributed by atoms with Gasteiger partial charge in [0, 0.05) is 24.9 Å². The minimum atomic E-state index is -0.699. The number of hydrogen-bond donors (Lipinski definition) is 1. The molecule has 0 spiro atoms. The van der Waals surface area contributed by atoms with E-state index in [1.807, 2.05) is 19.9 Å². The molecular formula is C17H23N5O3. The summed E-state index contributed by atoms with van der Waals surface area (Å²) in [5, 5.41) is 14.3. The van der Waals surface area contributed by atoms with Gasteiger partial charge in [-0.15, -0.1) is 0 Å². The van der Waals surface area contributed by atoms with E-state index < -0.39 is 12.2 Å². The van der Waals surface area contributed by atoms with E-state index >= 15 is 0 Å². The van der Waals surface area contributed by atoms with Gasteiger partial charge in [0.05, 0.1) is 25.5 Å². The molecule has 1 amide bonds. The molecule has 1 fully saturated rings. The van der Waals surface area contributed by atoms with E-state index in [4.69, 9.17) is 4.74 Å². The highest BCUT2D eigenvalue weighted by molar-refractivity contribution is 5.76. The van der Waals surface area contributed by atoms with E-state index in [2.05, 4.69) is 15.1 Å². The van der Waals surface area contributed by atoms with Crippen LogP contribution in [-0.2, 0) is 17.8 Å². The monoisotopic (exact) mass is 345 g/mol. The average molecular weight is 345 g/mol. The summed E-state index contributed by atoms with van der Waals surface area (Å²) in [6.45, 7) is 5.23. The van der Waals surface area contributed by atoms with E-state index in [0.29, 0.717) is 31.0 Å². The van der Waals surface area contributed by atoms with Crippen LogP contribution in [0.1, 0.15) is 24.9 Å². The van der Waals surface area contributed by atoms with Crippen molar-refractivity contribution in [2.75, 3.05) is 13.1 Å². The van der Waals surface area contributed by atoms with Crippen molar-refractivity contribution in [3.8, 4) is 5.75 Å². The maximum Gasteiger partial charge on any atom is 0.223 e. The Balaban J connectivity index is 1.52. The molecule has 2 atom stereocenters. The lowest BCUT2D eigenvalue weighted by molar-refractivity contribution is -0.130. The van der Waals surface area contributed by atoms with Gasteiger partial charge in [-0.3, -0.25) is 9.48 Å². The normalized spacial score (nSPS) is 20.0. The number of aryl methyl sites for hydroxylation is 3. The van der Waals surface area contributed by atoms with Gasteiger partial charge < -0.3 is 14.7 Å². The van der Waals surface area contributed by atoms with Gasteiger partial charge in [-0.2, -0.15) is 5.10 Å². The Morgan fingerprint density at radius 1 is 1.44 bits per heavy atom. The summed E-state index contributed by atoms with van der Waals surface area (Å²) in [6, 6.07) is 1.82.